The van der Waals surface area contributed by atoms with Crippen molar-refractivity contribution in [2.24, 2.45) is 11.1 Å². The predicted molar refractivity (Wildman–Crippen MR) is 69.8 cm³/mol. The van der Waals surface area contributed by atoms with Crippen LogP contribution in [-0.2, 0) is 6.18 Å². The molecule has 0 radical (unpaired) electrons. The SMILES string of the molecule is CC(C)(C)C(CCN)Nc1ncccc1C(F)(F)F. The van der Waals surface area contributed by atoms with Gasteiger partial charge in [0.25, 0.3) is 0 Å². The molecule has 0 bridgehead atoms. The maximum Gasteiger partial charge on any atom is 0.419 e. The Morgan fingerprint density at radius 3 is 2.42 bits per heavy atom. The molecule has 0 amide bonds. The number of alkyl halides is 3. The number of halogens is 3. The molecule has 0 aliphatic carbocycles. The Morgan fingerprint density at radius 2 is 1.95 bits per heavy atom. The number of aromatic nitrogens is 1. The van der Waals surface area contributed by atoms with Crippen molar-refractivity contribution in [1.29, 1.82) is 0 Å². The molecule has 1 aromatic rings. The van der Waals surface area contributed by atoms with E-state index in [0.29, 0.717) is 13.0 Å². The van der Waals surface area contributed by atoms with Gasteiger partial charge in [0.15, 0.2) is 0 Å². The molecule has 6 heteroatoms. The van der Waals surface area contributed by atoms with Gasteiger partial charge in [0, 0.05) is 12.2 Å². The van der Waals surface area contributed by atoms with Crippen LogP contribution in [0, 0.1) is 5.41 Å². The molecule has 0 aromatic carbocycles. The van der Waals surface area contributed by atoms with Gasteiger partial charge in [-0.25, -0.2) is 4.98 Å². The third-order valence-electron chi connectivity index (χ3n) is 2.92. The highest BCUT2D eigenvalue weighted by atomic mass is 19.4. The van der Waals surface area contributed by atoms with Gasteiger partial charge in [-0.3, -0.25) is 0 Å². The Balaban J connectivity index is 3.04. The molecule has 0 fully saturated rings. The first-order valence-corrected chi connectivity index (χ1v) is 6.15. The molecule has 19 heavy (non-hydrogen) atoms. The zero-order chi connectivity index (χ0) is 14.7. The fourth-order valence-corrected chi connectivity index (χ4v) is 1.80. The van der Waals surface area contributed by atoms with Crippen LogP contribution in [0.4, 0.5) is 19.0 Å². The molecule has 1 heterocycles. The molecule has 1 atom stereocenters. The summed E-state index contributed by atoms with van der Waals surface area (Å²) in [6, 6.07) is 2.13. The van der Waals surface area contributed by atoms with Crippen molar-refractivity contribution in [3.8, 4) is 0 Å². The first kappa shape index (κ1) is 15.8. The van der Waals surface area contributed by atoms with Crippen molar-refractivity contribution in [3.05, 3.63) is 23.9 Å². The van der Waals surface area contributed by atoms with Gasteiger partial charge in [-0.2, -0.15) is 13.2 Å². The molecular weight excluding hydrogens is 255 g/mol. The largest absolute Gasteiger partial charge is 0.419 e. The summed E-state index contributed by atoms with van der Waals surface area (Å²) in [5, 5.41) is 2.88. The zero-order valence-corrected chi connectivity index (χ0v) is 11.4. The van der Waals surface area contributed by atoms with Crippen molar-refractivity contribution in [2.75, 3.05) is 11.9 Å². The average molecular weight is 275 g/mol. The topological polar surface area (TPSA) is 50.9 Å². The van der Waals surface area contributed by atoms with E-state index in [0.717, 1.165) is 6.07 Å². The quantitative estimate of drug-likeness (QED) is 0.886. The Bertz CT molecular complexity index is 410. The van der Waals surface area contributed by atoms with Gasteiger partial charge in [-0.1, -0.05) is 20.8 Å². The van der Waals surface area contributed by atoms with Gasteiger partial charge in [0.1, 0.15) is 5.82 Å². The van der Waals surface area contributed by atoms with Crippen LogP contribution in [0.2, 0.25) is 0 Å². The van der Waals surface area contributed by atoms with Crippen molar-refractivity contribution < 1.29 is 13.2 Å². The van der Waals surface area contributed by atoms with Crippen LogP contribution in [0.5, 0.6) is 0 Å². The molecule has 3 nitrogen and oxygen atoms in total. The van der Waals surface area contributed by atoms with Crippen LogP contribution in [-0.4, -0.2) is 17.6 Å². The van der Waals surface area contributed by atoms with E-state index < -0.39 is 11.7 Å². The zero-order valence-electron chi connectivity index (χ0n) is 11.4. The lowest BCUT2D eigenvalue weighted by Gasteiger charge is -2.32. The van der Waals surface area contributed by atoms with E-state index >= 15 is 0 Å². The van der Waals surface area contributed by atoms with E-state index in [4.69, 9.17) is 5.73 Å². The van der Waals surface area contributed by atoms with E-state index in [1.54, 1.807) is 0 Å². The van der Waals surface area contributed by atoms with Crippen LogP contribution in [0.15, 0.2) is 18.3 Å². The third-order valence-corrected chi connectivity index (χ3v) is 2.92. The summed E-state index contributed by atoms with van der Waals surface area (Å²) >= 11 is 0. The number of nitrogens with zero attached hydrogens (tertiary/aromatic N) is 1. The summed E-state index contributed by atoms with van der Waals surface area (Å²) in [5.74, 6) is -0.136. The summed E-state index contributed by atoms with van der Waals surface area (Å²) in [6.07, 6.45) is -2.49. The Labute approximate surface area is 111 Å². The van der Waals surface area contributed by atoms with E-state index in [9.17, 15) is 13.2 Å². The number of rotatable bonds is 4. The molecule has 0 aliphatic heterocycles. The minimum absolute atomic E-state index is 0.136. The lowest BCUT2D eigenvalue weighted by Crippen LogP contribution is -2.36. The van der Waals surface area contributed by atoms with Gasteiger partial charge >= 0.3 is 6.18 Å². The van der Waals surface area contributed by atoms with E-state index in [1.807, 2.05) is 20.8 Å². The first-order chi connectivity index (χ1) is 8.66. The second-order valence-electron chi connectivity index (χ2n) is 5.54. The normalized spacial score (nSPS) is 14.3. The second kappa shape index (κ2) is 5.77. The van der Waals surface area contributed by atoms with Crippen LogP contribution >= 0.6 is 0 Å². The molecule has 0 aliphatic rings. The highest BCUT2D eigenvalue weighted by molar-refractivity contribution is 5.46. The lowest BCUT2D eigenvalue weighted by atomic mass is 9.84. The molecular formula is C13H20F3N3. The number of hydrogen-bond donors (Lipinski definition) is 2. The van der Waals surface area contributed by atoms with E-state index in [2.05, 4.69) is 10.3 Å². The average Bonchev–Trinajstić information content (AvgIpc) is 2.26. The first-order valence-electron chi connectivity index (χ1n) is 6.15. The predicted octanol–water partition coefficient (Wildman–Crippen LogP) is 3.28. The van der Waals surface area contributed by atoms with Crippen LogP contribution < -0.4 is 11.1 Å². The molecule has 108 valence electrons. The van der Waals surface area contributed by atoms with E-state index in [1.165, 1.54) is 12.3 Å². The molecule has 0 spiro atoms. The van der Waals surface area contributed by atoms with Crippen molar-refractivity contribution in [2.45, 2.75) is 39.4 Å². The number of anilines is 1. The fraction of sp³-hybridized carbons (Fsp3) is 0.615. The van der Waals surface area contributed by atoms with Crippen LogP contribution in [0.1, 0.15) is 32.8 Å². The van der Waals surface area contributed by atoms with Gasteiger partial charge in [0.05, 0.1) is 5.56 Å². The summed E-state index contributed by atoms with van der Waals surface area (Å²) in [7, 11) is 0. The maximum absolute atomic E-state index is 12.9. The molecule has 1 rings (SSSR count). The molecule has 0 saturated carbocycles. The highest BCUT2D eigenvalue weighted by Gasteiger charge is 2.35. The van der Waals surface area contributed by atoms with Gasteiger partial charge in [-0.15, -0.1) is 0 Å². The van der Waals surface area contributed by atoms with Crippen molar-refractivity contribution >= 4 is 5.82 Å². The molecule has 1 aromatic heterocycles. The second-order valence-corrected chi connectivity index (χ2v) is 5.54. The Morgan fingerprint density at radius 1 is 1.32 bits per heavy atom. The maximum atomic E-state index is 12.9. The number of pyridine rings is 1. The third kappa shape index (κ3) is 4.38. The Kier molecular flexibility index (Phi) is 4.79. The van der Waals surface area contributed by atoms with E-state index in [-0.39, 0.29) is 17.3 Å². The highest BCUT2D eigenvalue weighted by Crippen LogP contribution is 2.35. The molecule has 3 N–H and O–H groups in total. The molecule has 1 unspecified atom stereocenters. The molecule has 0 saturated heterocycles. The fourth-order valence-electron chi connectivity index (χ4n) is 1.80. The Hall–Kier alpha value is -1.30. The van der Waals surface area contributed by atoms with Crippen LogP contribution in [0.3, 0.4) is 0 Å². The number of nitrogens with one attached hydrogen (secondary N) is 1. The minimum Gasteiger partial charge on any atom is -0.366 e. The summed E-state index contributed by atoms with van der Waals surface area (Å²) < 4.78 is 38.6. The summed E-state index contributed by atoms with van der Waals surface area (Å²) in [4.78, 5) is 3.81. The minimum atomic E-state index is -4.41. The number of nitrogens with two attached hydrogens (primary N) is 1. The lowest BCUT2D eigenvalue weighted by molar-refractivity contribution is -0.137. The standard InChI is InChI=1S/C13H20F3N3/c1-12(2,3)10(6-7-17)19-11-9(13(14,15)16)5-4-8-18-11/h4-5,8,10H,6-7,17H2,1-3H3,(H,18,19). The van der Waals surface area contributed by atoms with Crippen molar-refractivity contribution in [3.63, 3.8) is 0 Å². The number of hydrogen-bond acceptors (Lipinski definition) is 3. The monoisotopic (exact) mass is 275 g/mol. The van der Waals surface area contributed by atoms with Gasteiger partial charge < -0.3 is 11.1 Å². The van der Waals surface area contributed by atoms with Gasteiger partial charge in [-0.05, 0) is 30.5 Å². The smallest absolute Gasteiger partial charge is 0.366 e. The summed E-state index contributed by atoms with van der Waals surface area (Å²) in [6.45, 7) is 6.27. The summed E-state index contributed by atoms with van der Waals surface area (Å²) in [5.41, 5.74) is 4.56. The van der Waals surface area contributed by atoms with Gasteiger partial charge in [0.2, 0.25) is 0 Å². The van der Waals surface area contributed by atoms with Crippen molar-refractivity contribution in [1.82, 2.24) is 4.98 Å². The van der Waals surface area contributed by atoms with Crippen LogP contribution in [0.25, 0.3) is 0 Å².